The molecule has 23 heavy (non-hydrogen) atoms. The van der Waals surface area contributed by atoms with Gasteiger partial charge in [-0.25, -0.2) is 18.0 Å². The Balaban J connectivity index is 2.35. The highest BCUT2D eigenvalue weighted by Crippen LogP contribution is 2.25. The Hall–Kier alpha value is -2.41. The van der Waals surface area contributed by atoms with Crippen molar-refractivity contribution in [1.82, 2.24) is 9.88 Å². The van der Waals surface area contributed by atoms with E-state index in [4.69, 9.17) is 4.74 Å². The van der Waals surface area contributed by atoms with Gasteiger partial charge < -0.3 is 4.74 Å². The summed E-state index contributed by atoms with van der Waals surface area (Å²) in [6.45, 7) is 0.237. The van der Waals surface area contributed by atoms with Crippen molar-refractivity contribution in [3.63, 3.8) is 0 Å². The molecule has 0 aliphatic rings. The van der Waals surface area contributed by atoms with E-state index in [0.717, 1.165) is 12.1 Å². The Morgan fingerprint density at radius 2 is 1.91 bits per heavy atom. The van der Waals surface area contributed by atoms with Gasteiger partial charge in [0.15, 0.2) is 17.5 Å². The maximum absolute atomic E-state index is 13.5. The number of benzene rings is 1. The number of likely N-dealkylation sites (N-methyl/N-ethyl adjacent to an activating group) is 1. The molecule has 0 saturated carbocycles. The third-order valence-corrected chi connectivity index (χ3v) is 3.32. The molecule has 0 amide bonds. The summed E-state index contributed by atoms with van der Waals surface area (Å²) in [5.41, 5.74) is 0.624. The van der Waals surface area contributed by atoms with E-state index < -0.39 is 29.5 Å². The van der Waals surface area contributed by atoms with Gasteiger partial charge in [-0.3, -0.25) is 9.88 Å². The number of carbonyl (C=O) groups excluding carboxylic acids is 1. The lowest BCUT2D eigenvalue weighted by molar-refractivity contribution is -0.147. The fraction of sp³-hybridized carbons (Fsp3) is 0.250. The highest BCUT2D eigenvalue weighted by atomic mass is 19.2. The van der Waals surface area contributed by atoms with Crippen LogP contribution in [0.4, 0.5) is 13.2 Å². The van der Waals surface area contributed by atoms with Gasteiger partial charge in [0.25, 0.3) is 0 Å². The Kier molecular flexibility index (Phi) is 5.33. The number of ether oxygens (including phenoxy) is 1. The first-order valence-corrected chi connectivity index (χ1v) is 6.76. The molecule has 0 N–H and O–H groups in total. The molecule has 0 saturated heterocycles. The van der Waals surface area contributed by atoms with Crippen LogP contribution in [0.3, 0.4) is 0 Å². The second-order valence-electron chi connectivity index (χ2n) is 4.96. The van der Waals surface area contributed by atoms with E-state index in [1.165, 1.54) is 12.0 Å². The maximum atomic E-state index is 13.5. The molecule has 1 aromatic carbocycles. The molecular weight excluding hydrogens is 309 g/mol. The molecule has 2 rings (SSSR count). The molecule has 4 nitrogen and oxygen atoms in total. The number of hydrogen-bond donors (Lipinski definition) is 0. The van der Waals surface area contributed by atoms with Crippen LogP contribution in [0.5, 0.6) is 0 Å². The molecule has 7 heteroatoms. The number of rotatable bonds is 5. The van der Waals surface area contributed by atoms with Crippen molar-refractivity contribution < 1.29 is 22.7 Å². The Morgan fingerprint density at radius 3 is 2.43 bits per heavy atom. The van der Waals surface area contributed by atoms with Gasteiger partial charge in [-0.05, 0) is 36.9 Å². The van der Waals surface area contributed by atoms with Gasteiger partial charge in [0, 0.05) is 12.7 Å². The minimum Gasteiger partial charge on any atom is -0.468 e. The third-order valence-electron chi connectivity index (χ3n) is 3.32. The SMILES string of the molecule is COC(=O)[C@@H](c1cc(F)c(F)c(F)c1)N(C)Cc1ccccn1. The first-order chi connectivity index (χ1) is 10.9. The second kappa shape index (κ2) is 7.23. The monoisotopic (exact) mass is 324 g/mol. The van der Waals surface area contributed by atoms with E-state index in [1.807, 2.05) is 0 Å². The van der Waals surface area contributed by atoms with Gasteiger partial charge in [-0.1, -0.05) is 6.07 Å². The summed E-state index contributed by atoms with van der Waals surface area (Å²) in [5, 5.41) is 0. The fourth-order valence-corrected chi connectivity index (χ4v) is 2.25. The second-order valence-corrected chi connectivity index (χ2v) is 4.96. The summed E-state index contributed by atoms with van der Waals surface area (Å²) in [7, 11) is 2.75. The van der Waals surface area contributed by atoms with E-state index in [9.17, 15) is 18.0 Å². The molecular formula is C16H15F3N2O2. The molecule has 0 aliphatic heterocycles. The molecule has 0 radical (unpaired) electrons. The largest absolute Gasteiger partial charge is 0.468 e. The van der Waals surface area contributed by atoms with Crippen molar-refractivity contribution in [3.8, 4) is 0 Å². The van der Waals surface area contributed by atoms with Crippen molar-refractivity contribution >= 4 is 5.97 Å². The van der Waals surface area contributed by atoms with Crippen LogP contribution in [0, 0.1) is 17.5 Å². The van der Waals surface area contributed by atoms with Crippen molar-refractivity contribution in [2.45, 2.75) is 12.6 Å². The highest BCUT2D eigenvalue weighted by molar-refractivity contribution is 5.77. The number of carbonyl (C=O) groups is 1. The number of methoxy groups -OCH3 is 1. The maximum Gasteiger partial charge on any atom is 0.327 e. The lowest BCUT2D eigenvalue weighted by Crippen LogP contribution is -2.32. The van der Waals surface area contributed by atoms with Crippen molar-refractivity contribution in [3.05, 3.63) is 65.2 Å². The van der Waals surface area contributed by atoms with Crippen LogP contribution in [-0.4, -0.2) is 30.0 Å². The molecule has 1 atom stereocenters. The number of nitrogens with zero attached hydrogens (tertiary/aromatic N) is 2. The summed E-state index contributed by atoms with van der Waals surface area (Å²) < 4.78 is 44.7. The molecule has 0 bridgehead atoms. The zero-order valence-corrected chi connectivity index (χ0v) is 12.6. The molecule has 0 spiro atoms. The van der Waals surface area contributed by atoms with E-state index in [-0.39, 0.29) is 12.1 Å². The van der Waals surface area contributed by atoms with Crippen LogP contribution in [0.25, 0.3) is 0 Å². The number of esters is 1. The van der Waals surface area contributed by atoms with E-state index in [2.05, 4.69) is 4.98 Å². The number of pyridine rings is 1. The zero-order valence-electron chi connectivity index (χ0n) is 12.6. The molecule has 1 aromatic heterocycles. The predicted octanol–water partition coefficient (Wildman–Crippen LogP) is 2.85. The van der Waals surface area contributed by atoms with Crippen molar-refractivity contribution in [1.29, 1.82) is 0 Å². The standard InChI is InChI=1S/C16H15F3N2O2/c1-21(9-11-5-3-4-6-20-11)15(16(22)23-2)10-7-12(17)14(19)13(18)8-10/h3-8,15H,9H2,1-2H3/t15-/m1/s1. The topological polar surface area (TPSA) is 42.4 Å². The number of halogens is 3. The minimum atomic E-state index is -1.58. The van der Waals surface area contributed by atoms with Crippen LogP contribution in [-0.2, 0) is 16.1 Å². The summed E-state index contributed by atoms with van der Waals surface area (Å²) >= 11 is 0. The van der Waals surface area contributed by atoms with Crippen LogP contribution in [0.1, 0.15) is 17.3 Å². The Bertz CT molecular complexity index is 672. The quantitative estimate of drug-likeness (QED) is 0.626. The highest BCUT2D eigenvalue weighted by Gasteiger charge is 2.28. The minimum absolute atomic E-state index is 0.0355. The normalized spacial score (nSPS) is 12.3. The van der Waals surface area contributed by atoms with Gasteiger partial charge in [-0.2, -0.15) is 0 Å². The number of hydrogen-bond acceptors (Lipinski definition) is 4. The zero-order chi connectivity index (χ0) is 17.0. The predicted molar refractivity (Wildman–Crippen MR) is 76.8 cm³/mol. The van der Waals surface area contributed by atoms with Crippen LogP contribution >= 0.6 is 0 Å². The molecule has 0 fully saturated rings. The average molecular weight is 324 g/mol. The first kappa shape index (κ1) is 17.0. The summed E-state index contributed by atoms with van der Waals surface area (Å²) in [6.07, 6.45) is 1.59. The van der Waals surface area contributed by atoms with Crippen molar-refractivity contribution in [2.75, 3.05) is 14.2 Å². The van der Waals surface area contributed by atoms with Crippen molar-refractivity contribution in [2.24, 2.45) is 0 Å². The van der Waals surface area contributed by atoms with Gasteiger partial charge in [0.1, 0.15) is 6.04 Å². The van der Waals surface area contributed by atoms with Gasteiger partial charge in [0.2, 0.25) is 0 Å². The molecule has 2 aromatic rings. The van der Waals surface area contributed by atoms with E-state index in [1.54, 1.807) is 31.4 Å². The Morgan fingerprint density at radius 1 is 1.26 bits per heavy atom. The molecule has 0 aliphatic carbocycles. The average Bonchev–Trinajstić information content (AvgIpc) is 2.53. The van der Waals surface area contributed by atoms with E-state index in [0.29, 0.717) is 5.69 Å². The fourth-order valence-electron chi connectivity index (χ4n) is 2.25. The summed E-state index contributed by atoms with van der Waals surface area (Å²) in [6, 6.07) is 5.75. The number of aromatic nitrogens is 1. The van der Waals surface area contributed by atoms with Gasteiger partial charge in [0.05, 0.1) is 12.8 Å². The van der Waals surface area contributed by atoms with Crippen LogP contribution in [0.15, 0.2) is 36.5 Å². The smallest absolute Gasteiger partial charge is 0.327 e. The lowest BCUT2D eigenvalue weighted by atomic mass is 10.0. The third kappa shape index (κ3) is 3.87. The first-order valence-electron chi connectivity index (χ1n) is 6.76. The van der Waals surface area contributed by atoms with Gasteiger partial charge in [-0.15, -0.1) is 0 Å². The van der Waals surface area contributed by atoms with Gasteiger partial charge >= 0.3 is 5.97 Å². The molecule has 122 valence electrons. The lowest BCUT2D eigenvalue weighted by Gasteiger charge is -2.26. The van der Waals surface area contributed by atoms with E-state index >= 15 is 0 Å². The molecule has 1 heterocycles. The molecule has 0 unspecified atom stereocenters. The van der Waals surface area contributed by atoms with Crippen LogP contribution in [0.2, 0.25) is 0 Å². The van der Waals surface area contributed by atoms with Crippen LogP contribution < -0.4 is 0 Å². The Labute approximate surface area is 131 Å². The summed E-state index contributed by atoms with van der Waals surface area (Å²) in [5.74, 6) is -5.01. The summed E-state index contributed by atoms with van der Waals surface area (Å²) in [4.78, 5) is 17.7.